The quantitative estimate of drug-likeness (QED) is 0.119. The molecular formula is C22H45O3P. The lowest BCUT2D eigenvalue weighted by molar-refractivity contribution is 0.219. The van der Waals surface area contributed by atoms with E-state index < -0.39 is 7.60 Å². The van der Waals surface area contributed by atoms with Crippen molar-refractivity contribution >= 4 is 7.60 Å². The summed E-state index contributed by atoms with van der Waals surface area (Å²) in [6, 6.07) is 0. The van der Waals surface area contributed by atoms with Crippen LogP contribution in [0.3, 0.4) is 0 Å². The van der Waals surface area contributed by atoms with Crippen molar-refractivity contribution in [2.24, 2.45) is 0 Å². The van der Waals surface area contributed by atoms with E-state index in [1.165, 1.54) is 77.0 Å². The lowest BCUT2D eigenvalue weighted by atomic mass is 10.1. The first-order valence-corrected chi connectivity index (χ1v) is 12.9. The molecule has 0 radical (unpaired) electrons. The van der Waals surface area contributed by atoms with Crippen molar-refractivity contribution in [1.29, 1.82) is 0 Å². The fourth-order valence-electron chi connectivity index (χ4n) is 3.11. The van der Waals surface area contributed by atoms with E-state index in [9.17, 15) is 4.57 Å². The molecular weight excluding hydrogens is 343 g/mol. The third-order valence-corrected chi connectivity index (χ3v) is 6.76. The number of rotatable bonds is 20. The minimum Gasteiger partial charge on any atom is -0.309 e. The Labute approximate surface area is 163 Å². The largest absolute Gasteiger partial charge is 0.330 e. The van der Waals surface area contributed by atoms with Crippen LogP contribution in [0.5, 0.6) is 0 Å². The summed E-state index contributed by atoms with van der Waals surface area (Å²) in [7, 11) is -2.82. The van der Waals surface area contributed by atoms with E-state index in [4.69, 9.17) is 9.05 Å². The first-order valence-electron chi connectivity index (χ1n) is 11.2. The minimum absolute atomic E-state index is 0.462. The molecule has 0 bridgehead atoms. The summed E-state index contributed by atoms with van der Waals surface area (Å²) in [6.07, 6.45) is 23.2. The van der Waals surface area contributed by atoms with Crippen molar-refractivity contribution in [2.45, 2.75) is 111 Å². The molecule has 0 aromatic carbocycles. The van der Waals surface area contributed by atoms with E-state index in [1.54, 1.807) is 0 Å². The Balaban J connectivity index is 3.37. The molecule has 156 valence electrons. The van der Waals surface area contributed by atoms with Crippen molar-refractivity contribution in [3.8, 4) is 0 Å². The van der Waals surface area contributed by atoms with Crippen LogP contribution in [0.15, 0.2) is 12.2 Å². The van der Waals surface area contributed by atoms with Gasteiger partial charge in [0, 0.05) is 0 Å². The number of hydrogen-bond acceptors (Lipinski definition) is 3. The van der Waals surface area contributed by atoms with E-state index >= 15 is 0 Å². The van der Waals surface area contributed by atoms with E-state index in [0.717, 1.165) is 12.8 Å². The molecule has 3 nitrogen and oxygen atoms in total. The zero-order valence-electron chi connectivity index (χ0n) is 17.8. The highest BCUT2D eigenvalue weighted by Crippen LogP contribution is 2.48. The second-order valence-electron chi connectivity index (χ2n) is 7.11. The Bertz CT molecular complexity index is 345. The zero-order valence-corrected chi connectivity index (χ0v) is 18.7. The Morgan fingerprint density at radius 3 is 1.50 bits per heavy atom. The van der Waals surface area contributed by atoms with Gasteiger partial charge in [0.15, 0.2) is 0 Å². The van der Waals surface area contributed by atoms with Gasteiger partial charge in [-0.25, -0.2) is 0 Å². The van der Waals surface area contributed by atoms with Crippen molar-refractivity contribution in [1.82, 2.24) is 0 Å². The van der Waals surface area contributed by atoms with Crippen molar-refractivity contribution in [3.63, 3.8) is 0 Å². The lowest BCUT2D eigenvalue weighted by Gasteiger charge is -2.16. The Morgan fingerprint density at radius 1 is 0.615 bits per heavy atom. The van der Waals surface area contributed by atoms with E-state index in [2.05, 4.69) is 19.1 Å². The van der Waals surface area contributed by atoms with Gasteiger partial charge in [0.2, 0.25) is 0 Å². The van der Waals surface area contributed by atoms with E-state index in [-0.39, 0.29) is 0 Å². The molecule has 0 spiro atoms. The maximum Gasteiger partial charge on any atom is 0.330 e. The summed E-state index contributed by atoms with van der Waals surface area (Å²) in [5.41, 5.74) is 0. The standard InChI is InChI=1S/C22H45O3P/c1-4-7-8-9-10-11-12-13-14-15-16-17-18-19-20-21-22-26(23,24-5-2)25-6-3/h13-14H,4-12,15-22H2,1-3H3. The summed E-state index contributed by atoms with van der Waals surface area (Å²) < 4.78 is 22.9. The van der Waals surface area contributed by atoms with Gasteiger partial charge < -0.3 is 9.05 Å². The number of hydrogen-bond donors (Lipinski definition) is 0. The molecule has 0 unspecified atom stereocenters. The first-order chi connectivity index (χ1) is 12.7. The van der Waals surface area contributed by atoms with Gasteiger partial charge in [0.1, 0.15) is 0 Å². The van der Waals surface area contributed by atoms with Crippen LogP contribution in [0.25, 0.3) is 0 Å². The van der Waals surface area contributed by atoms with Gasteiger partial charge in [-0.2, -0.15) is 0 Å². The number of allylic oxidation sites excluding steroid dienone is 2. The second-order valence-corrected chi connectivity index (χ2v) is 9.29. The van der Waals surface area contributed by atoms with Crippen molar-refractivity contribution < 1.29 is 13.6 Å². The van der Waals surface area contributed by atoms with Crippen LogP contribution in [0.4, 0.5) is 0 Å². The summed E-state index contributed by atoms with van der Waals surface area (Å²) in [6.45, 7) is 6.93. The maximum absolute atomic E-state index is 12.3. The summed E-state index contributed by atoms with van der Waals surface area (Å²) in [5, 5.41) is 0. The topological polar surface area (TPSA) is 35.5 Å². The molecule has 0 amide bonds. The van der Waals surface area contributed by atoms with Gasteiger partial charge in [-0.3, -0.25) is 4.57 Å². The predicted octanol–water partition coefficient (Wildman–Crippen LogP) is 8.29. The van der Waals surface area contributed by atoms with Crippen LogP contribution in [0.1, 0.15) is 111 Å². The molecule has 0 aliphatic carbocycles. The summed E-state index contributed by atoms with van der Waals surface area (Å²) in [5.74, 6) is 0. The van der Waals surface area contributed by atoms with Crippen LogP contribution in [-0.2, 0) is 13.6 Å². The van der Waals surface area contributed by atoms with Crippen molar-refractivity contribution in [2.75, 3.05) is 19.4 Å². The molecule has 0 aromatic heterocycles. The van der Waals surface area contributed by atoms with E-state index in [1.807, 2.05) is 13.8 Å². The van der Waals surface area contributed by atoms with Gasteiger partial charge in [0.05, 0.1) is 19.4 Å². The van der Waals surface area contributed by atoms with Gasteiger partial charge in [0.25, 0.3) is 0 Å². The highest BCUT2D eigenvalue weighted by atomic mass is 31.2. The van der Waals surface area contributed by atoms with Crippen LogP contribution in [-0.4, -0.2) is 19.4 Å². The molecule has 0 atom stereocenters. The lowest BCUT2D eigenvalue weighted by Crippen LogP contribution is -2.00. The van der Waals surface area contributed by atoms with Crippen LogP contribution in [0, 0.1) is 0 Å². The van der Waals surface area contributed by atoms with Gasteiger partial charge >= 0.3 is 7.60 Å². The van der Waals surface area contributed by atoms with Crippen LogP contribution in [0.2, 0.25) is 0 Å². The molecule has 0 saturated heterocycles. The average Bonchev–Trinajstić information content (AvgIpc) is 2.62. The molecule has 26 heavy (non-hydrogen) atoms. The fourth-order valence-corrected chi connectivity index (χ4v) is 4.84. The van der Waals surface area contributed by atoms with Crippen molar-refractivity contribution in [3.05, 3.63) is 12.2 Å². The van der Waals surface area contributed by atoms with Gasteiger partial charge in [-0.15, -0.1) is 0 Å². The Hall–Kier alpha value is -0.110. The van der Waals surface area contributed by atoms with Gasteiger partial charge in [-0.1, -0.05) is 76.9 Å². The fraction of sp³-hybridized carbons (Fsp3) is 0.909. The van der Waals surface area contributed by atoms with Gasteiger partial charge in [-0.05, 0) is 46.0 Å². The highest BCUT2D eigenvalue weighted by Gasteiger charge is 2.22. The summed E-state index contributed by atoms with van der Waals surface area (Å²) >= 11 is 0. The highest BCUT2D eigenvalue weighted by molar-refractivity contribution is 7.53. The van der Waals surface area contributed by atoms with Crippen LogP contribution >= 0.6 is 7.60 Å². The molecule has 0 aromatic rings. The third-order valence-electron chi connectivity index (χ3n) is 4.60. The number of unbranched alkanes of at least 4 members (excludes halogenated alkanes) is 12. The molecule has 0 heterocycles. The Morgan fingerprint density at radius 2 is 1.04 bits per heavy atom. The average molecular weight is 389 g/mol. The SMILES string of the molecule is CCCCCCCCC=CCCCCCCCCP(=O)(OCC)OCC. The smallest absolute Gasteiger partial charge is 0.309 e. The van der Waals surface area contributed by atoms with Crippen LogP contribution < -0.4 is 0 Å². The Kier molecular flexibility index (Phi) is 19.6. The molecule has 4 heteroatoms. The summed E-state index contributed by atoms with van der Waals surface area (Å²) in [4.78, 5) is 0. The predicted molar refractivity (Wildman–Crippen MR) is 115 cm³/mol. The minimum atomic E-state index is -2.82. The molecule has 0 aliphatic rings. The third kappa shape index (κ3) is 17.3. The molecule has 0 saturated carbocycles. The molecule has 0 N–H and O–H groups in total. The monoisotopic (exact) mass is 388 g/mol. The second kappa shape index (κ2) is 19.6. The van der Waals surface area contributed by atoms with E-state index in [0.29, 0.717) is 19.4 Å². The molecule has 0 rings (SSSR count). The first kappa shape index (κ1) is 25.9. The maximum atomic E-state index is 12.3. The normalized spacial score (nSPS) is 12.3. The molecule has 0 fully saturated rings. The molecule has 0 aliphatic heterocycles. The zero-order chi connectivity index (χ0) is 19.3.